The fraction of sp³-hybridized carbons (Fsp3) is 1.00. The Morgan fingerprint density at radius 2 is 1.86 bits per heavy atom. The molecule has 81 valence electrons. The molecule has 0 spiro atoms. The number of rotatable bonds is 4. The number of hydrogen-bond acceptors (Lipinski definition) is 2. The zero-order chi connectivity index (χ0) is 9.68. The summed E-state index contributed by atoms with van der Waals surface area (Å²) < 4.78 is 0. The van der Waals surface area contributed by atoms with Gasteiger partial charge in [0.05, 0.1) is 6.61 Å². The van der Waals surface area contributed by atoms with Crippen LogP contribution in [0, 0.1) is 11.8 Å². The predicted molar refractivity (Wildman–Crippen MR) is 55.7 cm³/mol. The number of likely N-dealkylation sites (tertiary alicyclic amines) is 1. The molecule has 1 saturated heterocycles. The number of hydrogen-bond donors (Lipinski definition) is 1. The number of aliphatic hydroxyl groups excluding tert-OH is 1. The van der Waals surface area contributed by atoms with Crippen LogP contribution in [0.1, 0.15) is 33.1 Å². The molecular formula is C11H23NOY. The maximum absolute atomic E-state index is 8.79. The van der Waals surface area contributed by atoms with E-state index in [4.69, 9.17) is 5.11 Å². The van der Waals surface area contributed by atoms with Crippen LogP contribution in [0.5, 0.6) is 0 Å². The van der Waals surface area contributed by atoms with Crippen LogP contribution < -0.4 is 0 Å². The van der Waals surface area contributed by atoms with Crippen molar-refractivity contribution in [2.24, 2.45) is 11.8 Å². The zero-order valence-electron chi connectivity index (χ0n) is 9.58. The van der Waals surface area contributed by atoms with E-state index >= 15 is 0 Å². The van der Waals surface area contributed by atoms with Crippen molar-refractivity contribution in [2.45, 2.75) is 33.1 Å². The number of β-amino-alcohol motifs (C(OH)–C–C–N with tert-alkyl or cyclic N) is 1. The van der Waals surface area contributed by atoms with E-state index in [1.165, 1.54) is 32.4 Å². The van der Waals surface area contributed by atoms with Crippen LogP contribution in [0.25, 0.3) is 0 Å². The van der Waals surface area contributed by atoms with Gasteiger partial charge in [-0.15, -0.1) is 0 Å². The molecule has 14 heavy (non-hydrogen) atoms. The fourth-order valence-corrected chi connectivity index (χ4v) is 2.25. The van der Waals surface area contributed by atoms with Gasteiger partial charge in [-0.3, -0.25) is 0 Å². The van der Waals surface area contributed by atoms with Crippen LogP contribution in [0.4, 0.5) is 0 Å². The van der Waals surface area contributed by atoms with Gasteiger partial charge in [0.1, 0.15) is 0 Å². The predicted octanol–water partition coefficient (Wildman–Crippen LogP) is 1.73. The summed E-state index contributed by atoms with van der Waals surface area (Å²) in [6.45, 7) is 8.18. The van der Waals surface area contributed by atoms with Gasteiger partial charge in [0.15, 0.2) is 0 Å². The second-order valence-corrected chi connectivity index (χ2v) is 4.64. The average molecular weight is 274 g/mol. The maximum Gasteiger partial charge on any atom is 0.0558 e. The van der Waals surface area contributed by atoms with Gasteiger partial charge in [-0.1, -0.05) is 13.8 Å². The second-order valence-electron chi connectivity index (χ2n) is 4.64. The van der Waals surface area contributed by atoms with Gasteiger partial charge in [-0.05, 0) is 44.2 Å². The molecular weight excluding hydrogens is 251 g/mol. The topological polar surface area (TPSA) is 23.5 Å². The second kappa shape index (κ2) is 8.21. The molecule has 0 unspecified atom stereocenters. The van der Waals surface area contributed by atoms with Crippen LogP contribution in [-0.4, -0.2) is 36.2 Å². The molecule has 1 fully saturated rings. The van der Waals surface area contributed by atoms with Crippen LogP contribution in [0.3, 0.4) is 0 Å². The van der Waals surface area contributed by atoms with Crippen molar-refractivity contribution in [3.8, 4) is 0 Å². The minimum absolute atomic E-state index is 0. The first kappa shape index (κ1) is 15.0. The number of aliphatic hydroxyl groups is 1. The number of nitrogens with zero attached hydrogens (tertiary/aromatic N) is 1. The summed E-state index contributed by atoms with van der Waals surface area (Å²) >= 11 is 0. The van der Waals surface area contributed by atoms with Gasteiger partial charge in [-0.2, -0.15) is 0 Å². The first-order chi connectivity index (χ1) is 6.22. The third-order valence-corrected chi connectivity index (χ3v) is 2.93. The molecule has 2 nitrogen and oxygen atoms in total. The van der Waals surface area contributed by atoms with Crippen LogP contribution in [0.15, 0.2) is 0 Å². The SMILES string of the molecule is CC(C)CC1CCN(CCO)CC1.[Y]. The molecule has 0 aromatic carbocycles. The monoisotopic (exact) mass is 274 g/mol. The molecule has 0 aromatic heterocycles. The Bertz CT molecular complexity index is 133. The van der Waals surface area contributed by atoms with Crippen molar-refractivity contribution in [2.75, 3.05) is 26.2 Å². The summed E-state index contributed by atoms with van der Waals surface area (Å²) in [5.41, 5.74) is 0. The molecule has 1 rings (SSSR count). The molecule has 0 aliphatic carbocycles. The Labute approximate surface area is 113 Å². The summed E-state index contributed by atoms with van der Waals surface area (Å²) in [5.74, 6) is 1.78. The molecule has 1 heterocycles. The smallest absolute Gasteiger partial charge is 0.0558 e. The molecule has 1 N–H and O–H groups in total. The average Bonchev–Trinajstić information content (AvgIpc) is 2.08. The third-order valence-electron chi connectivity index (χ3n) is 2.93. The van der Waals surface area contributed by atoms with Gasteiger partial charge in [0.2, 0.25) is 0 Å². The van der Waals surface area contributed by atoms with Crippen LogP contribution in [-0.2, 0) is 32.7 Å². The first-order valence-electron chi connectivity index (χ1n) is 5.55. The van der Waals surface area contributed by atoms with E-state index in [9.17, 15) is 0 Å². The molecule has 1 aliphatic rings. The minimum atomic E-state index is 0. The van der Waals surface area contributed by atoms with Crippen molar-refractivity contribution in [3.63, 3.8) is 0 Å². The Kier molecular flexibility index (Phi) is 8.81. The summed E-state index contributed by atoms with van der Waals surface area (Å²) in [7, 11) is 0. The molecule has 0 bridgehead atoms. The van der Waals surface area contributed by atoms with Gasteiger partial charge < -0.3 is 10.0 Å². The van der Waals surface area contributed by atoms with E-state index in [-0.39, 0.29) is 32.7 Å². The quantitative estimate of drug-likeness (QED) is 0.844. The van der Waals surface area contributed by atoms with Gasteiger partial charge in [0.25, 0.3) is 0 Å². The van der Waals surface area contributed by atoms with Crippen molar-refractivity contribution in [1.29, 1.82) is 0 Å². The van der Waals surface area contributed by atoms with E-state index in [2.05, 4.69) is 18.7 Å². The van der Waals surface area contributed by atoms with Crippen molar-refractivity contribution >= 4 is 0 Å². The van der Waals surface area contributed by atoms with Crippen LogP contribution >= 0.6 is 0 Å². The Morgan fingerprint density at radius 3 is 2.29 bits per heavy atom. The normalized spacial score (nSPS) is 19.7. The van der Waals surface area contributed by atoms with Gasteiger partial charge in [-0.25, -0.2) is 0 Å². The Morgan fingerprint density at radius 1 is 1.29 bits per heavy atom. The first-order valence-corrected chi connectivity index (χ1v) is 5.55. The van der Waals surface area contributed by atoms with E-state index < -0.39 is 0 Å². The molecule has 1 radical (unpaired) electrons. The van der Waals surface area contributed by atoms with Crippen molar-refractivity contribution < 1.29 is 37.8 Å². The zero-order valence-corrected chi connectivity index (χ0v) is 12.4. The summed E-state index contributed by atoms with van der Waals surface area (Å²) in [4.78, 5) is 2.37. The molecule has 1 aliphatic heterocycles. The van der Waals surface area contributed by atoms with Gasteiger partial charge >= 0.3 is 0 Å². The van der Waals surface area contributed by atoms with E-state index in [1.54, 1.807) is 0 Å². The largest absolute Gasteiger partial charge is 0.395 e. The van der Waals surface area contributed by atoms with Gasteiger partial charge in [0, 0.05) is 39.3 Å². The Hall–Kier alpha value is 1.02. The molecule has 0 atom stereocenters. The van der Waals surface area contributed by atoms with Crippen molar-refractivity contribution in [3.05, 3.63) is 0 Å². The summed E-state index contributed by atoms with van der Waals surface area (Å²) in [6, 6.07) is 0. The summed E-state index contributed by atoms with van der Waals surface area (Å²) in [5, 5.41) is 8.79. The maximum atomic E-state index is 8.79. The third kappa shape index (κ3) is 5.80. The van der Waals surface area contributed by atoms with E-state index in [1.807, 2.05) is 0 Å². The number of piperidine rings is 1. The van der Waals surface area contributed by atoms with E-state index in [0.717, 1.165) is 18.4 Å². The molecule has 0 saturated carbocycles. The van der Waals surface area contributed by atoms with Crippen molar-refractivity contribution in [1.82, 2.24) is 4.90 Å². The molecule has 0 amide bonds. The van der Waals surface area contributed by atoms with Crippen LogP contribution in [0.2, 0.25) is 0 Å². The fourth-order valence-electron chi connectivity index (χ4n) is 2.25. The van der Waals surface area contributed by atoms with E-state index in [0.29, 0.717) is 6.61 Å². The molecule has 0 aromatic rings. The molecule has 3 heteroatoms. The Balaban J connectivity index is 0.00000169. The minimum Gasteiger partial charge on any atom is -0.395 e. The standard InChI is InChI=1S/C11H23NO.Y/c1-10(2)9-11-3-5-12(6-4-11)7-8-13;/h10-11,13H,3-9H2,1-2H3;. The summed E-state index contributed by atoms with van der Waals surface area (Å²) in [6.07, 6.45) is 4.04.